The van der Waals surface area contributed by atoms with Crippen molar-refractivity contribution in [1.29, 1.82) is 0 Å². The molecule has 1 N–H and O–H groups in total. The second kappa shape index (κ2) is 8.38. The number of halogens is 2. The zero-order valence-electron chi connectivity index (χ0n) is 16.3. The van der Waals surface area contributed by atoms with Crippen LogP contribution in [0.2, 0.25) is 5.02 Å². The summed E-state index contributed by atoms with van der Waals surface area (Å²) >= 11 is 7.42. The van der Waals surface area contributed by atoms with Gasteiger partial charge < -0.3 is 5.32 Å². The number of nitrogens with zero attached hydrogens (tertiary/aromatic N) is 3. The highest BCUT2D eigenvalue weighted by molar-refractivity contribution is 7.12. The fraction of sp³-hybridized carbons (Fsp3) is 0.136. The number of aryl methyl sites for hydroxylation is 1. The van der Waals surface area contributed by atoms with Gasteiger partial charge in [-0.2, -0.15) is 5.10 Å². The van der Waals surface area contributed by atoms with Crippen molar-refractivity contribution in [2.75, 3.05) is 5.32 Å². The molecule has 2 heterocycles. The molecule has 1 amide bonds. The lowest BCUT2D eigenvalue weighted by atomic mass is 10.1. The molecule has 4 rings (SSSR count). The maximum atomic E-state index is 13.2. The minimum atomic E-state index is -0.284. The molecule has 152 valence electrons. The third-order valence-electron chi connectivity index (χ3n) is 4.70. The third-order valence-corrected chi connectivity index (χ3v) is 5.75. The van der Waals surface area contributed by atoms with E-state index < -0.39 is 0 Å². The minimum absolute atomic E-state index is 0.144. The fourth-order valence-corrected chi connectivity index (χ4v) is 4.19. The molecule has 0 aliphatic heterocycles. The number of nitrogens with one attached hydrogen (secondary N) is 1. The molecule has 2 aromatic heterocycles. The number of anilines is 1. The Morgan fingerprint density at radius 1 is 1.20 bits per heavy atom. The SMILES string of the molecule is Cc1nn(-c2nc(-c3ccc(F)cc3)cs2)c(C)c1CC(=O)Nc1cccc(Cl)c1. The molecular formula is C22H18ClFN4OS. The Kier molecular flexibility index (Phi) is 5.65. The fourth-order valence-electron chi connectivity index (χ4n) is 3.16. The standard InChI is InChI=1S/C22H18ClFN4OS/c1-13-19(11-21(29)25-18-5-3-4-16(23)10-18)14(2)28(27-13)22-26-20(12-30-22)15-6-8-17(24)9-7-15/h3-10,12H,11H2,1-2H3,(H,25,29). The minimum Gasteiger partial charge on any atom is -0.326 e. The van der Waals surface area contributed by atoms with E-state index in [4.69, 9.17) is 11.6 Å². The smallest absolute Gasteiger partial charge is 0.228 e. The summed E-state index contributed by atoms with van der Waals surface area (Å²) in [5.74, 6) is -0.428. The van der Waals surface area contributed by atoms with Crippen LogP contribution in [0, 0.1) is 19.7 Å². The van der Waals surface area contributed by atoms with E-state index in [0.717, 1.165) is 28.2 Å². The number of carbonyl (C=O) groups excluding carboxylic acids is 1. The van der Waals surface area contributed by atoms with Crippen LogP contribution >= 0.6 is 22.9 Å². The van der Waals surface area contributed by atoms with Crippen molar-refractivity contribution in [2.45, 2.75) is 20.3 Å². The van der Waals surface area contributed by atoms with E-state index in [1.165, 1.54) is 23.5 Å². The number of benzene rings is 2. The second-order valence-electron chi connectivity index (χ2n) is 6.82. The van der Waals surface area contributed by atoms with Crippen molar-refractivity contribution in [3.8, 4) is 16.4 Å². The number of thiazole rings is 1. The van der Waals surface area contributed by atoms with Crippen LogP contribution in [0.5, 0.6) is 0 Å². The van der Waals surface area contributed by atoms with Gasteiger partial charge in [0.05, 0.1) is 17.8 Å². The Labute approximate surface area is 182 Å². The van der Waals surface area contributed by atoms with Crippen LogP contribution in [0.4, 0.5) is 10.1 Å². The van der Waals surface area contributed by atoms with E-state index in [2.05, 4.69) is 15.4 Å². The largest absolute Gasteiger partial charge is 0.326 e. The number of carbonyl (C=O) groups is 1. The van der Waals surface area contributed by atoms with E-state index in [9.17, 15) is 9.18 Å². The predicted octanol–water partition coefficient (Wildman–Crippen LogP) is 5.59. The Bertz CT molecular complexity index is 1220. The highest BCUT2D eigenvalue weighted by Crippen LogP contribution is 2.26. The summed E-state index contributed by atoms with van der Waals surface area (Å²) in [5.41, 5.74) is 4.72. The lowest BCUT2D eigenvalue weighted by Gasteiger charge is -2.06. The Balaban J connectivity index is 1.55. The van der Waals surface area contributed by atoms with Crippen LogP contribution in [0.3, 0.4) is 0 Å². The summed E-state index contributed by atoms with van der Waals surface area (Å²) in [6.07, 6.45) is 0.195. The van der Waals surface area contributed by atoms with Crippen LogP contribution in [-0.4, -0.2) is 20.7 Å². The van der Waals surface area contributed by atoms with Crippen molar-refractivity contribution in [1.82, 2.24) is 14.8 Å². The van der Waals surface area contributed by atoms with Gasteiger partial charge >= 0.3 is 0 Å². The highest BCUT2D eigenvalue weighted by Gasteiger charge is 2.18. The van der Waals surface area contributed by atoms with Gasteiger partial charge in [-0.15, -0.1) is 11.3 Å². The van der Waals surface area contributed by atoms with Crippen molar-refractivity contribution in [3.63, 3.8) is 0 Å². The van der Waals surface area contributed by atoms with E-state index >= 15 is 0 Å². The normalized spacial score (nSPS) is 10.9. The van der Waals surface area contributed by atoms with E-state index in [1.54, 1.807) is 41.1 Å². The van der Waals surface area contributed by atoms with Gasteiger partial charge in [-0.1, -0.05) is 17.7 Å². The van der Waals surface area contributed by atoms with Crippen molar-refractivity contribution in [2.24, 2.45) is 0 Å². The molecule has 30 heavy (non-hydrogen) atoms. The summed E-state index contributed by atoms with van der Waals surface area (Å²) in [4.78, 5) is 17.2. The van der Waals surface area contributed by atoms with Crippen LogP contribution in [0.25, 0.3) is 16.4 Å². The number of amides is 1. The van der Waals surface area contributed by atoms with Crippen LogP contribution in [0.15, 0.2) is 53.9 Å². The molecule has 0 unspecified atom stereocenters. The molecule has 0 saturated carbocycles. The molecule has 8 heteroatoms. The topological polar surface area (TPSA) is 59.8 Å². The molecular weight excluding hydrogens is 423 g/mol. The first-order chi connectivity index (χ1) is 14.4. The first-order valence-corrected chi connectivity index (χ1v) is 10.5. The molecule has 0 atom stereocenters. The average Bonchev–Trinajstić information content (AvgIpc) is 3.29. The van der Waals surface area contributed by atoms with Gasteiger partial charge in [0.15, 0.2) is 0 Å². The molecule has 5 nitrogen and oxygen atoms in total. The van der Waals surface area contributed by atoms with E-state index in [1.807, 2.05) is 19.2 Å². The zero-order chi connectivity index (χ0) is 21.3. The summed E-state index contributed by atoms with van der Waals surface area (Å²) < 4.78 is 14.9. The van der Waals surface area contributed by atoms with Crippen LogP contribution in [-0.2, 0) is 11.2 Å². The molecule has 0 saturated heterocycles. The molecule has 0 aliphatic rings. The Hall–Kier alpha value is -3.03. The predicted molar refractivity (Wildman–Crippen MR) is 118 cm³/mol. The quantitative estimate of drug-likeness (QED) is 0.440. The second-order valence-corrected chi connectivity index (χ2v) is 8.09. The lowest BCUT2D eigenvalue weighted by molar-refractivity contribution is -0.115. The number of hydrogen-bond acceptors (Lipinski definition) is 4. The monoisotopic (exact) mass is 440 g/mol. The molecule has 0 spiro atoms. The third kappa shape index (κ3) is 4.27. The highest BCUT2D eigenvalue weighted by atomic mass is 35.5. The van der Waals surface area contributed by atoms with Gasteiger partial charge in [-0.05, 0) is 56.3 Å². The number of hydrogen-bond donors (Lipinski definition) is 1. The van der Waals surface area contributed by atoms with Gasteiger partial charge in [0, 0.05) is 32.9 Å². The van der Waals surface area contributed by atoms with Crippen molar-refractivity contribution >= 4 is 34.5 Å². The van der Waals surface area contributed by atoms with Gasteiger partial charge in [0.1, 0.15) is 5.82 Å². The van der Waals surface area contributed by atoms with Crippen LogP contribution in [0.1, 0.15) is 17.0 Å². The summed E-state index contributed by atoms with van der Waals surface area (Å²) in [7, 11) is 0. The van der Waals surface area contributed by atoms with Crippen molar-refractivity contribution < 1.29 is 9.18 Å². The maximum absolute atomic E-state index is 13.2. The van der Waals surface area contributed by atoms with Gasteiger partial charge in [-0.25, -0.2) is 14.1 Å². The molecule has 2 aromatic carbocycles. The Morgan fingerprint density at radius 3 is 2.70 bits per heavy atom. The first kappa shape index (κ1) is 20.3. The Morgan fingerprint density at radius 2 is 1.97 bits per heavy atom. The number of aromatic nitrogens is 3. The zero-order valence-corrected chi connectivity index (χ0v) is 17.9. The molecule has 0 bridgehead atoms. The van der Waals surface area contributed by atoms with Gasteiger partial charge in [0.25, 0.3) is 0 Å². The summed E-state index contributed by atoms with van der Waals surface area (Å²) in [6.45, 7) is 3.79. The lowest BCUT2D eigenvalue weighted by Crippen LogP contribution is -2.15. The first-order valence-electron chi connectivity index (χ1n) is 9.23. The number of rotatable bonds is 5. The summed E-state index contributed by atoms with van der Waals surface area (Å²) in [5, 5.41) is 10.6. The molecule has 0 fully saturated rings. The molecule has 0 aliphatic carbocycles. The van der Waals surface area contributed by atoms with E-state index in [-0.39, 0.29) is 18.1 Å². The molecule has 4 aromatic rings. The average molecular weight is 441 g/mol. The maximum Gasteiger partial charge on any atom is 0.228 e. The van der Waals surface area contributed by atoms with Crippen molar-refractivity contribution in [3.05, 3.63) is 81.7 Å². The molecule has 0 radical (unpaired) electrons. The van der Waals surface area contributed by atoms with Crippen LogP contribution < -0.4 is 5.32 Å². The van der Waals surface area contributed by atoms with Gasteiger partial charge in [-0.3, -0.25) is 4.79 Å². The van der Waals surface area contributed by atoms with E-state index in [0.29, 0.717) is 15.8 Å². The summed E-state index contributed by atoms with van der Waals surface area (Å²) in [6, 6.07) is 13.2. The van der Waals surface area contributed by atoms with Gasteiger partial charge in [0.2, 0.25) is 11.0 Å².